The lowest BCUT2D eigenvalue weighted by atomic mass is 9.98. The third-order valence-corrected chi connectivity index (χ3v) is 3.74. The average Bonchev–Trinajstić information content (AvgIpc) is 2.49. The maximum absolute atomic E-state index is 14.1. The first-order valence-electron chi connectivity index (χ1n) is 6.00. The van der Waals surface area contributed by atoms with E-state index >= 15 is 0 Å². The van der Waals surface area contributed by atoms with Crippen LogP contribution in [-0.2, 0) is 0 Å². The fourth-order valence-corrected chi connectivity index (χ4v) is 2.50. The number of benzene rings is 2. The van der Waals surface area contributed by atoms with Crippen molar-refractivity contribution in [3.63, 3.8) is 0 Å². The molecule has 2 aromatic carbocycles. The van der Waals surface area contributed by atoms with Crippen molar-refractivity contribution in [2.45, 2.75) is 0 Å². The number of hydrogen-bond donors (Lipinski definition) is 0. The Balaban J connectivity index is 2.21. The molecule has 0 atom stereocenters. The van der Waals surface area contributed by atoms with E-state index in [0.717, 1.165) is 10.8 Å². The number of fused-ring (bicyclic) bond motifs is 1. The lowest BCUT2D eigenvalue weighted by molar-refractivity contribution is 0.103. The highest BCUT2D eigenvalue weighted by molar-refractivity contribution is 9.10. The van der Waals surface area contributed by atoms with E-state index in [-0.39, 0.29) is 15.8 Å². The number of ketones is 1. The summed E-state index contributed by atoms with van der Waals surface area (Å²) >= 11 is 3.10. The summed E-state index contributed by atoms with van der Waals surface area (Å²) in [5.41, 5.74) is 0.503. The van der Waals surface area contributed by atoms with Crippen LogP contribution in [0, 0.1) is 5.82 Å². The molecule has 0 fully saturated rings. The van der Waals surface area contributed by atoms with Gasteiger partial charge in [0.2, 0.25) is 0 Å². The highest BCUT2D eigenvalue weighted by Crippen LogP contribution is 2.24. The number of carbonyl (C=O) groups is 1. The van der Waals surface area contributed by atoms with Crippen LogP contribution in [0.5, 0.6) is 0 Å². The van der Waals surface area contributed by atoms with Crippen LogP contribution in [0.25, 0.3) is 10.8 Å². The second-order valence-electron chi connectivity index (χ2n) is 4.33. The molecule has 0 aliphatic heterocycles. The molecule has 0 saturated heterocycles. The van der Waals surface area contributed by atoms with Crippen LogP contribution < -0.4 is 0 Å². The zero-order chi connectivity index (χ0) is 14.1. The predicted molar refractivity (Wildman–Crippen MR) is 79.3 cm³/mol. The normalized spacial score (nSPS) is 10.7. The molecule has 0 aliphatic carbocycles. The SMILES string of the molecule is O=C(c1cccc(Br)c1F)c1cccc2ccncc12. The van der Waals surface area contributed by atoms with Gasteiger partial charge in [-0.15, -0.1) is 0 Å². The van der Waals surface area contributed by atoms with E-state index in [1.54, 1.807) is 36.7 Å². The number of rotatable bonds is 2. The van der Waals surface area contributed by atoms with Crippen molar-refractivity contribution in [1.29, 1.82) is 0 Å². The highest BCUT2D eigenvalue weighted by atomic mass is 79.9. The maximum Gasteiger partial charge on any atom is 0.196 e. The molecule has 1 aromatic heterocycles. The van der Waals surface area contributed by atoms with Gasteiger partial charge in [-0.3, -0.25) is 9.78 Å². The molecule has 1 heterocycles. The minimum Gasteiger partial charge on any atom is -0.288 e. The minimum atomic E-state index is -0.543. The van der Waals surface area contributed by atoms with Gasteiger partial charge in [-0.2, -0.15) is 0 Å². The summed E-state index contributed by atoms with van der Waals surface area (Å²) in [6, 6.07) is 11.9. The number of hydrogen-bond acceptors (Lipinski definition) is 2. The molecule has 2 nitrogen and oxygen atoms in total. The maximum atomic E-state index is 14.1. The topological polar surface area (TPSA) is 30.0 Å². The molecular weight excluding hydrogens is 321 g/mol. The van der Waals surface area contributed by atoms with Gasteiger partial charge in [0.1, 0.15) is 5.82 Å². The zero-order valence-electron chi connectivity index (χ0n) is 10.3. The Labute approximate surface area is 123 Å². The average molecular weight is 330 g/mol. The molecule has 0 N–H and O–H groups in total. The molecule has 98 valence electrons. The lowest BCUT2D eigenvalue weighted by Crippen LogP contribution is -2.05. The summed E-state index contributed by atoms with van der Waals surface area (Å²) in [6.45, 7) is 0. The Kier molecular flexibility index (Phi) is 3.32. The van der Waals surface area contributed by atoms with E-state index in [1.165, 1.54) is 6.07 Å². The number of carbonyl (C=O) groups excluding carboxylic acids is 1. The molecule has 3 rings (SSSR count). The number of pyridine rings is 1. The van der Waals surface area contributed by atoms with Gasteiger partial charge < -0.3 is 0 Å². The van der Waals surface area contributed by atoms with Crippen LogP contribution >= 0.6 is 15.9 Å². The van der Waals surface area contributed by atoms with Gasteiger partial charge in [-0.05, 0) is 39.5 Å². The lowest BCUT2D eigenvalue weighted by Gasteiger charge is -2.07. The van der Waals surface area contributed by atoms with E-state index in [0.29, 0.717) is 5.56 Å². The van der Waals surface area contributed by atoms with Crippen molar-refractivity contribution < 1.29 is 9.18 Å². The first-order valence-corrected chi connectivity index (χ1v) is 6.79. The summed E-state index contributed by atoms with van der Waals surface area (Å²) in [5, 5.41) is 1.63. The highest BCUT2D eigenvalue weighted by Gasteiger charge is 2.17. The third kappa shape index (κ3) is 2.12. The fraction of sp³-hybridized carbons (Fsp3) is 0. The number of nitrogens with zero attached hydrogens (tertiary/aromatic N) is 1. The van der Waals surface area contributed by atoms with Gasteiger partial charge in [0.05, 0.1) is 10.0 Å². The first-order chi connectivity index (χ1) is 9.68. The van der Waals surface area contributed by atoms with Gasteiger partial charge in [0, 0.05) is 23.3 Å². The van der Waals surface area contributed by atoms with Gasteiger partial charge in [-0.25, -0.2) is 4.39 Å². The van der Waals surface area contributed by atoms with Crippen molar-refractivity contribution in [3.8, 4) is 0 Å². The summed E-state index contributed by atoms with van der Waals surface area (Å²) in [6.07, 6.45) is 3.29. The van der Waals surface area contributed by atoms with Crippen molar-refractivity contribution in [2.75, 3.05) is 0 Å². The largest absolute Gasteiger partial charge is 0.288 e. The molecule has 0 aliphatic rings. The summed E-state index contributed by atoms with van der Waals surface area (Å²) in [5.74, 6) is -0.888. The smallest absolute Gasteiger partial charge is 0.196 e. The minimum absolute atomic E-state index is 0.0516. The Bertz CT molecular complexity index is 811. The van der Waals surface area contributed by atoms with Crippen LogP contribution in [0.1, 0.15) is 15.9 Å². The summed E-state index contributed by atoms with van der Waals surface area (Å²) in [7, 11) is 0. The monoisotopic (exact) mass is 329 g/mol. The van der Waals surface area contributed by atoms with Crippen molar-refractivity contribution >= 4 is 32.5 Å². The molecule has 4 heteroatoms. The second kappa shape index (κ2) is 5.13. The Morgan fingerprint density at radius 1 is 1.05 bits per heavy atom. The Morgan fingerprint density at radius 3 is 2.65 bits per heavy atom. The first kappa shape index (κ1) is 12.9. The molecule has 0 saturated carbocycles. The van der Waals surface area contributed by atoms with E-state index in [9.17, 15) is 9.18 Å². The number of aromatic nitrogens is 1. The summed E-state index contributed by atoms with van der Waals surface area (Å²) in [4.78, 5) is 16.6. The van der Waals surface area contributed by atoms with E-state index in [4.69, 9.17) is 0 Å². The molecule has 20 heavy (non-hydrogen) atoms. The molecule has 0 radical (unpaired) electrons. The molecule has 0 spiro atoms. The van der Waals surface area contributed by atoms with Crippen LogP contribution in [0.3, 0.4) is 0 Å². The third-order valence-electron chi connectivity index (χ3n) is 3.12. The second-order valence-corrected chi connectivity index (χ2v) is 5.19. The van der Waals surface area contributed by atoms with Gasteiger partial charge in [0.15, 0.2) is 5.78 Å². The Hall–Kier alpha value is -2.07. The predicted octanol–water partition coefficient (Wildman–Crippen LogP) is 4.37. The Morgan fingerprint density at radius 2 is 1.80 bits per heavy atom. The van der Waals surface area contributed by atoms with Gasteiger partial charge >= 0.3 is 0 Å². The molecule has 3 aromatic rings. The molecule has 0 bridgehead atoms. The van der Waals surface area contributed by atoms with Crippen molar-refractivity contribution in [2.24, 2.45) is 0 Å². The van der Waals surface area contributed by atoms with Crippen molar-refractivity contribution in [3.05, 3.63) is 76.3 Å². The standard InChI is InChI=1S/C16H9BrFNO/c17-14-6-2-5-12(15(14)18)16(20)11-4-1-3-10-7-8-19-9-13(10)11/h1-9H. The van der Waals surface area contributed by atoms with Crippen LogP contribution in [0.15, 0.2) is 59.3 Å². The van der Waals surface area contributed by atoms with Gasteiger partial charge in [0.25, 0.3) is 0 Å². The molecule has 0 amide bonds. The van der Waals surface area contributed by atoms with Crippen LogP contribution in [0.4, 0.5) is 4.39 Å². The van der Waals surface area contributed by atoms with Crippen LogP contribution in [-0.4, -0.2) is 10.8 Å². The van der Waals surface area contributed by atoms with Crippen molar-refractivity contribution in [1.82, 2.24) is 4.98 Å². The number of halogens is 2. The quantitative estimate of drug-likeness (QED) is 0.653. The van der Waals surface area contributed by atoms with Gasteiger partial charge in [-0.1, -0.05) is 24.3 Å². The van der Waals surface area contributed by atoms with Crippen LogP contribution in [0.2, 0.25) is 0 Å². The molecule has 0 unspecified atom stereocenters. The zero-order valence-corrected chi connectivity index (χ0v) is 11.9. The van der Waals surface area contributed by atoms with E-state index in [2.05, 4.69) is 20.9 Å². The van der Waals surface area contributed by atoms with E-state index < -0.39 is 5.82 Å². The fourth-order valence-electron chi connectivity index (χ4n) is 2.14. The molecular formula is C16H9BrFNO. The summed E-state index contributed by atoms with van der Waals surface area (Å²) < 4.78 is 14.3. The van der Waals surface area contributed by atoms with E-state index in [1.807, 2.05) is 12.1 Å².